The maximum absolute atomic E-state index is 12.1. The zero-order valence-corrected chi connectivity index (χ0v) is 18.0. The van der Waals surface area contributed by atoms with Crippen LogP contribution in [0.2, 0.25) is 0 Å². The minimum absolute atomic E-state index is 0.267. The largest absolute Gasteiger partial charge is 0.465 e. The predicted molar refractivity (Wildman–Crippen MR) is 120 cm³/mol. The molecular weight excluding hydrogens is 374 g/mol. The van der Waals surface area contributed by atoms with Gasteiger partial charge in [-0.1, -0.05) is 32.0 Å². The number of aryl methyl sites for hydroxylation is 2. The van der Waals surface area contributed by atoms with Crippen LogP contribution in [0.5, 0.6) is 0 Å². The summed E-state index contributed by atoms with van der Waals surface area (Å²) >= 11 is 0. The summed E-state index contributed by atoms with van der Waals surface area (Å²) in [6, 6.07) is 13.8. The summed E-state index contributed by atoms with van der Waals surface area (Å²) in [4.78, 5) is 15.9. The van der Waals surface area contributed by atoms with Crippen LogP contribution in [0.15, 0.2) is 36.4 Å². The van der Waals surface area contributed by atoms with Gasteiger partial charge in [0.2, 0.25) is 0 Å². The number of fused-ring (bicyclic) bond motifs is 1. The van der Waals surface area contributed by atoms with Crippen molar-refractivity contribution in [2.45, 2.75) is 59.0 Å². The Kier molecular flexibility index (Phi) is 7.35. The van der Waals surface area contributed by atoms with Crippen molar-refractivity contribution >= 4 is 11.8 Å². The van der Waals surface area contributed by atoms with Crippen molar-refractivity contribution in [1.29, 1.82) is 5.26 Å². The lowest BCUT2D eigenvalue weighted by Gasteiger charge is -2.29. The number of carboxylic acid groups (broad SMARTS) is 1. The van der Waals surface area contributed by atoms with E-state index in [4.69, 9.17) is 5.26 Å². The fourth-order valence-corrected chi connectivity index (χ4v) is 4.33. The summed E-state index contributed by atoms with van der Waals surface area (Å²) in [5, 5.41) is 19.0. The van der Waals surface area contributed by atoms with E-state index in [2.05, 4.69) is 36.9 Å². The molecule has 2 aromatic rings. The quantitative estimate of drug-likeness (QED) is 0.610. The molecule has 1 N–H and O–H groups in total. The van der Waals surface area contributed by atoms with Crippen LogP contribution < -0.4 is 4.90 Å². The molecule has 0 saturated carbocycles. The standard InChI is InChI=1S/C25H31N3O2/c1-3-11-27(12-4-2)24-15-22-10-6-9-21(22)14-23(24)18-28(25(29)30)17-20-8-5-7-19(13-20)16-26/h5,7-8,13-15H,3-4,6,9-12,17-18H2,1-2H3,(H,29,30). The van der Waals surface area contributed by atoms with E-state index in [1.165, 1.54) is 28.1 Å². The molecule has 1 aliphatic rings. The van der Waals surface area contributed by atoms with Gasteiger partial charge in [-0.15, -0.1) is 0 Å². The number of amides is 1. The number of rotatable bonds is 9. The molecule has 2 aromatic carbocycles. The molecule has 158 valence electrons. The lowest BCUT2D eigenvalue weighted by molar-refractivity contribution is 0.139. The van der Waals surface area contributed by atoms with Crippen LogP contribution in [0.1, 0.15) is 60.9 Å². The molecule has 5 heteroatoms. The van der Waals surface area contributed by atoms with E-state index in [-0.39, 0.29) is 6.54 Å². The zero-order chi connectivity index (χ0) is 21.5. The fraction of sp³-hybridized carbons (Fsp3) is 0.440. The fourth-order valence-electron chi connectivity index (χ4n) is 4.33. The maximum atomic E-state index is 12.1. The van der Waals surface area contributed by atoms with Crippen LogP contribution in [-0.4, -0.2) is 29.2 Å². The van der Waals surface area contributed by atoms with Crippen molar-refractivity contribution in [1.82, 2.24) is 4.90 Å². The van der Waals surface area contributed by atoms with E-state index in [0.29, 0.717) is 12.1 Å². The number of benzene rings is 2. The molecule has 0 aromatic heterocycles. The zero-order valence-electron chi connectivity index (χ0n) is 18.0. The molecule has 0 aliphatic heterocycles. The van der Waals surface area contributed by atoms with Crippen LogP contribution in [0, 0.1) is 11.3 Å². The highest BCUT2D eigenvalue weighted by Gasteiger charge is 2.21. The Morgan fingerprint density at radius 2 is 1.77 bits per heavy atom. The van der Waals surface area contributed by atoms with Gasteiger partial charge in [0, 0.05) is 25.3 Å². The molecular formula is C25H31N3O2. The summed E-state index contributed by atoms with van der Waals surface area (Å²) < 4.78 is 0. The first-order valence-electron chi connectivity index (χ1n) is 10.9. The average molecular weight is 406 g/mol. The van der Waals surface area contributed by atoms with Crippen molar-refractivity contribution in [2.24, 2.45) is 0 Å². The van der Waals surface area contributed by atoms with Gasteiger partial charge in [0.05, 0.1) is 18.2 Å². The average Bonchev–Trinajstić information content (AvgIpc) is 3.20. The second kappa shape index (κ2) is 10.2. The molecule has 0 heterocycles. The van der Waals surface area contributed by atoms with Gasteiger partial charge < -0.3 is 10.0 Å². The first-order valence-corrected chi connectivity index (χ1v) is 10.9. The van der Waals surface area contributed by atoms with Crippen molar-refractivity contribution in [3.63, 3.8) is 0 Å². The van der Waals surface area contributed by atoms with Gasteiger partial charge in [0.25, 0.3) is 0 Å². The van der Waals surface area contributed by atoms with E-state index in [9.17, 15) is 9.90 Å². The van der Waals surface area contributed by atoms with Gasteiger partial charge in [-0.3, -0.25) is 4.90 Å². The monoisotopic (exact) mass is 405 g/mol. The van der Waals surface area contributed by atoms with Crippen molar-refractivity contribution in [3.8, 4) is 6.07 Å². The minimum atomic E-state index is -0.943. The molecule has 0 radical (unpaired) electrons. The number of nitrogens with zero attached hydrogens (tertiary/aromatic N) is 3. The number of carbonyl (C=O) groups is 1. The molecule has 3 rings (SSSR count). The number of nitriles is 1. The van der Waals surface area contributed by atoms with Gasteiger partial charge in [0.15, 0.2) is 0 Å². The highest BCUT2D eigenvalue weighted by molar-refractivity contribution is 5.66. The van der Waals surface area contributed by atoms with Gasteiger partial charge in [-0.25, -0.2) is 4.79 Å². The molecule has 0 saturated heterocycles. The van der Waals surface area contributed by atoms with Crippen LogP contribution in [0.25, 0.3) is 0 Å². The van der Waals surface area contributed by atoms with E-state index in [1.807, 2.05) is 6.07 Å². The summed E-state index contributed by atoms with van der Waals surface area (Å²) in [5.74, 6) is 0. The summed E-state index contributed by atoms with van der Waals surface area (Å²) in [5.41, 5.74) is 6.41. The van der Waals surface area contributed by atoms with Gasteiger partial charge in [-0.05, 0) is 72.6 Å². The first kappa shape index (κ1) is 21.7. The lowest BCUT2D eigenvalue weighted by atomic mass is 10.0. The molecule has 1 amide bonds. The van der Waals surface area contributed by atoms with E-state index < -0.39 is 6.09 Å². The smallest absolute Gasteiger partial charge is 0.407 e. The highest BCUT2D eigenvalue weighted by atomic mass is 16.4. The van der Waals surface area contributed by atoms with Crippen molar-refractivity contribution in [3.05, 3.63) is 64.2 Å². The normalized spacial score (nSPS) is 12.3. The van der Waals surface area contributed by atoms with Crippen LogP contribution >= 0.6 is 0 Å². The summed E-state index contributed by atoms with van der Waals surface area (Å²) in [6.45, 7) is 6.91. The van der Waals surface area contributed by atoms with Gasteiger partial charge in [0.1, 0.15) is 0 Å². The molecule has 5 nitrogen and oxygen atoms in total. The van der Waals surface area contributed by atoms with E-state index in [0.717, 1.165) is 49.9 Å². The third-order valence-electron chi connectivity index (χ3n) is 5.68. The Morgan fingerprint density at radius 3 is 2.40 bits per heavy atom. The topological polar surface area (TPSA) is 67.6 Å². The lowest BCUT2D eigenvalue weighted by Crippen LogP contribution is -2.31. The van der Waals surface area contributed by atoms with Crippen molar-refractivity contribution < 1.29 is 9.90 Å². The van der Waals surface area contributed by atoms with Crippen LogP contribution in [0.3, 0.4) is 0 Å². The Labute approximate surface area is 179 Å². The molecule has 0 atom stereocenters. The molecule has 30 heavy (non-hydrogen) atoms. The maximum Gasteiger partial charge on any atom is 0.407 e. The molecule has 0 bridgehead atoms. The van der Waals surface area contributed by atoms with Gasteiger partial charge >= 0.3 is 6.09 Å². The van der Waals surface area contributed by atoms with Crippen LogP contribution in [-0.2, 0) is 25.9 Å². The van der Waals surface area contributed by atoms with E-state index >= 15 is 0 Å². The molecule has 1 aliphatic carbocycles. The first-order chi connectivity index (χ1) is 14.5. The molecule has 0 fully saturated rings. The summed E-state index contributed by atoms with van der Waals surface area (Å²) in [7, 11) is 0. The van der Waals surface area contributed by atoms with Crippen molar-refractivity contribution in [2.75, 3.05) is 18.0 Å². The number of hydrogen-bond donors (Lipinski definition) is 1. The Morgan fingerprint density at radius 1 is 1.07 bits per heavy atom. The Balaban J connectivity index is 1.93. The minimum Gasteiger partial charge on any atom is -0.465 e. The Bertz CT molecular complexity index is 926. The SMILES string of the molecule is CCCN(CCC)c1cc2c(cc1CN(Cc1cccc(C#N)c1)C(=O)O)CCC2. The predicted octanol–water partition coefficient (Wildman–Crippen LogP) is 5.35. The molecule has 0 spiro atoms. The Hall–Kier alpha value is -3.00. The molecule has 0 unspecified atom stereocenters. The number of anilines is 1. The van der Waals surface area contributed by atoms with E-state index in [1.54, 1.807) is 18.2 Å². The third kappa shape index (κ3) is 5.13. The van der Waals surface area contributed by atoms with Gasteiger partial charge in [-0.2, -0.15) is 5.26 Å². The third-order valence-corrected chi connectivity index (χ3v) is 5.68. The second-order valence-corrected chi connectivity index (χ2v) is 8.04. The second-order valence-electron chi connectivity index (χ2n) is 8.04. The van der Waals surface area contributed by atoms with Crippen LogP contribution in [0.4, 0.5) is 10.5 Å². The summed E-state index contributed by atoms with van der Waals surface area (Å²) in [6.07, 6.45) is 4.52. The highest BCUT2D eigenvalue weighted by Crippen LogP contribution is 2.32. The number of hydrogen-bond acceptors (Lipinski definition) is 3.